The maximum atomic E-state index is 12.8. The molecule has 0 radical (unpaired) electrons. The largest absolute Gasteiger partial charge is 0.376 e. The summed E-state index contributed by atoms with van der Waals surface area (Å²) in [5.41, 5.74) is 3.29. The van der Waals surface area contributed by atoms with E-state index in [2.05, 4.69) is 0 Å². The van der Waals surface area contributed by atoms with Gasteiger partial charge in [-0.1, -0.05) is 53.6 Å². The number of amides is 1. The van der Waals surface area contributed by atoms with Gasteiger partial charge in [0, 0.05) is 30.8 Å². The number of carbonyl (C=O) groups excluding carboxylic acids is 1. The lowest BCUT2D eigenvalue weighted by Gasteiger charge is -2.24. The average molecular weight is 370 g/mol. The van der Waals surface area contributed by atoms with E-state index in [-0.39, 0.29) is 12.0 Å². The highest BCUT2D eigenvalue weighted by Gasteiger charge is 2.21. The first kappa shape index (κ1) is 18.7. The van der Waals surface area contributed by atoms with Gasteiger partial charge in [-0.3, -0.25) is 4.79 Å². The molecule has 4 heteroatoms. The molecule has 1 fully saturated rings. The number of rotatable bonds is 6. The van der Waals surface area contributed by atoms with E-state index in [4.69, 9.17) is 16.3 Å². The van der Waals surface area contributed by atoms with Crippen molar-refractivity contribution in [3.63, 3.8) is 0 Å². The Morgan fingerprint density at radius 2 is 1.92 bits per heavy atom. The summed E-state index contributed by atoms with van der Waals surface area (Å²) in [5, 5.41) is 0.699. The van der Waals surface area contributed by atoms with Gasteiger partial charge >= 0.3 is 0 Å². The van der Waals surface area contributed by atoms with Crippen LogP contribution in [0.5, 0.6) is 0 Å². The topological polar surface area (TPSA) is 29.5 Å². The van der Waals surface area contributed by atoms with Gasteiger partial charge in [-0.15, -0.1) is 0 Å². The number of hydrogen-bond acceptors (Lipinski definition) is 2. The molecule has 2 aromatic rings. The van der Waals surface area contributed by atoms with Crippen molar-refractivity contribution < 1.29 is 9.53 Å². The van der Waals surface area contributed by atoms with Crippen molar-refractivity contribution in [1.82, 2.24) is 4.90 Å². The molecule has 1 amide bonds. The third-order valence-electron chi connectivity index (χ3n) is 4.54. The number of nitrogens with zero attached hydrogens (tertiary/aromatic N) is 1. The second kappa shape index (κ2) is 9.02. The van der Waals surface area contributed by atoms with Crippen LogP contribution in [0.4, 0.5) is 0 Å². The maximum absolute atomic E-state index is 12.8. The normalized spacial score (nSPS) is 16.9. The molecular weight excluding hydrogens is 346 g/mol. The van der Waals surface area contributed by atoms with Crippen molar-refractivity contribution in [2.75, 3.05) is 13.2 Å². The van der Waals surface area contributed by atoms with Crippen LogP contribution >= 0.6 is 11.6 Å². The molecule has 3 nitrogen and oxygen atoms in total. The fourth-order valence-electron chi connectivity index (χ4n) is 3.03. The van der Waals surface area contributed by atoms with Crippen molar-refractivity contribution in [1.29, 1.82) is 0 Å². The predicted molar refractivity (Wildman–Crippen MR) is 106 cm³/mol. The van der Waals surface area contributed by atoms with Crippen molar-refractivity contribution in [2.24, 2.45) is 0 Å². The van der Waals surface area contributed by atoms with Crippen LogP contribution in [-0.2, 0) is 16.1 Å². The molecular formula is C22H24ClNO2. The van der Waals surface area contributed by atoms with E-state index in [0.29, 0.717) is 18.1 Å². The van der Waals surface area contributed by atoms with Crippen molar-refractivity contribution >= 4 is 23.6 Å². The van der Waals surface area contributed by atoms with E-state index < -0.39 is 0 Å². The Kier molecular flexibility index (Phi) is 6.48. The smallest absolute Gasteiger partial charge is 0.246 e. The van der Waals surface area contributed by atoms with Gasteiger partial charge < -0.3 is 9.64 Å². The summed E-state index contributed by atoms with van der Waals surface area (Å²) in [6.45, 7) is 3.99. The van der Waals surface area contributed by atoms with Crippen LogP contribution < -0.4 is 0 Å². The zero-order valence-corrected chi connectivity index (χ0v) is 15.8. The fourth-order valence-corrected chi connectivity index (χ4v) is 3.15. The Morgan fingerprint density at radius 1 is 1.19 bits per heavy atom. The molecule has 0 spiro atoms. The Morgan fingerprint density at radius 3 is 2.58 bits per heavy atom. The molecule has 0 saturated carbocycles. The van der Waals surface area contributed by atoms with Crippen LogP contribution in [0.15, 0.2) is 54.6 Å². The quantitative estimate of drug-likeness (QED) is 0.680. The minimum absolute atomic E-state index is 0.00368. The highest BCUT2D eigenvalue weighted by Crippen LogP contribution is 2.17. The molecule has 1 atom stereocenters. The Labute approximate surface area is 160 Å². The summed E-state index contributed by atoms with van der Waals surface area (Å²) in [6, 6.07) is 15.8. The lowest BCUT2D eigenvalue weighted by molar-refractivity contribution is -0.128. The van der Waals surface area contributed by atoms with Gasteiger partial charge in [-0.25, -0.2) is 0 Å². The van der Waals surface area contributed by atoms with E-state index in [1.807, 2.05) is 66.4 Å². The van der Waals surface area contributed by atoms with E-state index >= 15 is 0 Å². The molecule has 0 N–H and O–H groups in total. The number of carbonyl (C=O) groups is 1. The zero-order valence-electron chi connectivity index (χ0n) is 15.0. The van der Waals surface area contributed by atoms with Crippen LogP contribution in [-0.4, -0.2) is 30.1 Å². The van der Waals surface area contributed by atoms with Crippen LogP contribution in [0.1, 0.15) is 29.5 Å². The Hall–Kier alpha value is -2.10. The average Bonchev–Trinajstić information content (AvgIpc) is 3.15. The van der Waals surface area contributed by atoms with Crippen LogP contribution in [0.3, 0.4) is 0 Å². The van der Waals surface area contributed by atoms with Crippen molar-refractivity contribution in [3.8, 4) is 0 Å². The molecule has 26 heavy (non-hydrogen) atoms. The van der Waals surface area contributed by atoms with Crippen LogP contribution in [0.25, 0.3) is 6.08 Å². The van der Waals surface area contributed by atoms with Gasteiger partial charge in [0.05, 0.1) is 6.10 Å². The van der Waals surface area contributed by atoms with Gasteiger partial charge in [0.1, 0.15) is 0 Å². The molecule has 0 aromatic heterocycles. The Bertz CT molecular complexity index is 747. The number of ether oxygens (including phenoxy) is 1. The first-order chi connectivity index (χ1) is 12.6. The monoisotopic (exact) mass is 369 g/mol. The molecule has 0 aliphatic carbocycles. The fraction of sp³-hybridized carbons (Fsp3) is 0.318. The Balaban J connectivity index is 1.71. The molecule has 2 aromatic carbocycles. The minimum atomic E-state index is -0.00368. The highest BCUT2D eigenvalue weighted by atomic mass is 35.5. The molecule has 0 unspecified atom stereocenters. The summed E-state index contributed by atoms with van der Waals surface area (Å²) in [5.74, 6) is -0.00368. The second-order valence-corrected chi connectivity index (χ2v) is 7.16. The van der Waals surface area contributed by atoms with E-state index in [9.17, 15) is 4.79 Å². The predicted octanol–water partition coefficient (Wildman–Crippen LogP) is 4.87. The molecule has 1 heterocycles. The lowest BCUT2D eigenvalue weighted by atomic mass is 10.1. The third-order valence-corrected chi connectivity index (χ3v) is 4.79. The molecule has 3 rings (SSSR count). The minimum Gasteiger partial charge on any atom is -0.376 e. The van der Waals surface area contributed by atoms with E-state index in [0.717, 1.165) is 30.6 Å². The molecule has 0 bridgehead atoms. The van der Waals surface area contributed by atoms with Crippen molar-refractivity contribution in [2.45, 2.75) is 32.4 Å². The van der Waals surface area contributed by atoms with Gasteiger partial charge in [-0.2, -0.15) is 0 Å². The van der Waals surface area contributed by atoms with E-state index in [1.165, 1.54) is 5.56 Å². The van der Waals surface area contributed by atoms with Crippen LogP contribution in [0, 0.1) is 6.92 Å². The van der Waals surface area contributed by atoms with Gasteiger partial charge in [0.25, 0.3) is 0 Å². The molecule has 1 aliphatic heterocycles. The van der Waals surface area contributed by atoms with Gasteiger partial charge in [0.15, 0.2) is 0 Å². The summed E-state index contributed by atoms with van der Waals surface area (Å²) in [6.07, 6.45) is 5.71. The maximum Gasteiger partial charge on any atom is 0.246 e. The standard InChI is InChI=1S/C22H24ClNO2/c1-17-4-6-18(7-5-17)10-13-22(25)24(16-21-3-2-14-26-21)15-19-8-11-20(23)12-9-19/h4-13,21H,2-3,14-16H2,1H3/b13-10-/t21-/m1/s1. The zero-order chi connectivity index (χ0) is 18.4. The van der Waals surface area contributed by atoms with Gasteiger partial charge in [0.2, 0.25) is 5.91 Å². The molecule has 1 aliphatic rings. The lowest BCUT2D eigenvalue weighted by Crippen LogP contribution is -2.35. The summed E-state index contributed by atoms with van der Waals surface area (Å²) in [4.78, 5) is 14.7. The summed E-state index contributed by atoms with van der Waals surface area (Å²) in [7, 11) is 0. The van der Waals surface area contributed by atoms with Crippen molar-refractivity contribution in [3.05, 3.63) is 76.3 Å². The highest BCUT2D eigenvalue weighted by molar-refractivity contribution is 6.30. The molecule has 136 valence electrons. The number of benzene rings is 2. The number of halogens is 1. The molecule has 1 saturated heterocycles. The number of aryl methyl sites for hydroxylation is 1. The van der Waals surface area contributed by atoms with E-state index in [1.54, 1.807) is 6.08 Å². The van der Waals surface area contributed by atoms with Crippen LogP contribution in [0.2, 0.25) is 5.02 Å². The first-order valence-electron chi connectivity index (χ1n) is 9.00. The summed E-state index contributed by atoms with van der Waals surface area (Å²) < 4.78 is 5.73. The third kappa shape index (κ3) is 5.45. The summed E-state index contributed by atoms with van der Waals surface area (Å²) >= 11 is 5.97. The second-order valence-electron chi connectivity index (χ2n) is 6.72. The SMILES string of the molecule is Cc1ccc(/C=C\C(=O)N(Cc2ccc(Cl)cc2)C[C@H]2CCCO2)cc1. The van der Waals surface area contributed by atoms with Gasteiger partial charge in [-0.05, 0) is 49.1 Å². The first-order valence-corrected chi connectivity index (χ1v) is 9.37. The number of hydrogen-bond donors (Lipinski definition) is 0.